The summed E-state index contributed by atoms with van der Waals surface area (Å²) >= 11 is 0. The first-order valence-electron chi connectivity index (χ1n) is 7.32. The average Bonchev–Trinajstić information content (AvgIpc) is 2.38. The highest BCUT2D eigenvalue weighted by Gasteiger charge is 2.21. The molecule has 0 nitrogen and oxygen atoms in total. The van der Waals surface area contributed by atoms with Gasteiger partial charge in [-0.05, 0) is 36.2 Å². The van der Waals surface area contributed by atoms with Crippen molar-refractivity contribution in [3.8, 4) is 0 Å². The van der Waals surface area contributed by atoms with E-state index < -0.39 is 0 Å². The van der Waals surface area contributed by atoms with Crippen LogP contribution in [0.2, 0.25) is 0 Å². The lowest BCUT2D eigenvalue weighted by atomic mass is 9.76. The van der Waals surface area contributed by atoms with Crippen LogP contribution in [0.15, 0.2) is 30.3 Å². The fourth-order valence-corrected chi connectivity index (χ4v) is 3.23. The molecule has 1 fully saturated rings. The van der Waals surface area contributed by atoms with E-state index in [0.29, 0.717) is 0 Å². The predicted octanol–water partition coefficient (Wildman–Crippen LogP) is 5.40. The molecular formula is C17H26. The zero-order valence-electron chi connectivity index (χ0n) is 11.4. The first-order chi connectivity index (χ1) is 8.27. The van der Waals surface area contributed by atoms with Gasteiger partial charge < -0.3 is 0 Å². The topological polar surface area (TPSA) is 0 Å². The van der Waals surface area contributed by atoms with Crippen molar-refractivity contribution in [1.29, 1.82) is 0 Å². The first kappa shape index (κ1) is 12.7. The number of rotatable bonds is 4. The lowest BCUT2D eigenvalue weighted by molar-refractivity contribution is 0.234. The second kappa shape index (κ2) is 6.23. The van der Waals surface area contributed by atoms with Gasteiger partial charge in [-0.3, -0.25) is 0 Å². The molecule has 0 amide bonds. The van der Waals surface area contributed by atoms with Gasteiger partial charge in [0.1, 0.15) is 0 Å². The lowest BCUT2D eigenvalue weighted by Crippen LogP contribution is -2.17. The average molecular weight is 230 g/mol. The van der Waals surface area contributed by atoms with Crippen LogP contribution in [0.4, 0.5) is 0 Å². The van der Waals surface area contributed by atoms with Crippen molar-refractivity contribution in [1.82, 2.24) is 0 Å². The van der Waals surface area contributed by atoms with E-state index in [-0.39, 0.29) is 0 Å². The van der Waals surface area contributed by atoms with E-state index in [4.69, 9.17) is 0 Å². The summed E-state index contributed by atoms with van der Waals surface area (Å²) in [5.74, 6) is 2.69. The summed E-state index contributed by atoms with van der Waals surface area (Å²) < 4.78 is 0. The van der Waals surface area contributed by atoms with Gasteiger partial charge in [0, 0.05) is 0 Å². The van der Waals surface area contributed by atoms with Crippen LogP contribution in [0.5, 0.6) is 0 Å². The summed E-state index contributed by atoms with van der Waals surface area (Å²) in [7, 11) is 0. The molecule has 0 N–H and O–H groups in total. The summed E-state index contributed by atoms with van der Waals surface area (Å²) in [6.07, 6.45) is 8.66. The monoisotopic (exact) mass is 230 g/mol. The van der Waals surface area contributed by atoms with Crippen molar-refractivity contribution in [3.63, 3.8) is 0 Å². The van der Waals surface area contributed by atoms with Gasteiger partial charge in [0.15, 0.2) is 0 Å². The van der Waals surface area contributed by atoms with Crippen molar-refractivity contribution in [2.45, 2.75) is 58.3 Å². The molecule has 0 heteroatoms. The van der Waals surface area contributed by atoms with Crippen LogP contribution in [0.3, 0.4) is 0 Å². The zero-order chi connectivity index (χ0) is 12.1. The molecule has 1 aliphatic carbocycles. The van der Waals surface area contributed by atoms with Crippen LogP contribution >= 0.6 is 0 Å². The summed E-state index contributed by atoms with van der Waals surface area (Å²) in [5, 5.41) is 0. The predicted molar refractivity (Wildman–Crippen MR) is 75.2 cm³/mol. The number of benzene rings is 1. The summed E-state index contributed by atoms with van der Waals surface area (Å²) in [5.41, 5.74) is 1.51. The van der Waals surface area contributed by atoms with Gasteiger partial charge >= 0.3 is 0 Å². The maximum atomic E-state index is 2.46. The highest BCUT2D eigenvalue weighted by Crippen LogP contribution is 2.34. The smallest absolute Gasteiger partial charge is 0.0190 e. The minimum absolute atomic E-state index is 0.727. The maximum absolute atomic E-state index is 2.46. The fourth-order valence-electron chi connectivity index (χ4n) is 3.23. The molecule has 2 rings (SSSR count). The summed E-state index contributed by atoms with van der Waals surface area (Å²) in [4.78, 5) is 0. The molecule has 17 heavy (non-hydrogen) atoms. The molecule has 1 aromatic carbocycles. The Bertz CT molecular complexity index is 314. The highest BCUT2D eigenvalue weighted by molar-refractivity contribution is 5.18. The first-order valence-corrected chi connectivity index (χ1v) is 7.32. The van der Waals surface area contributed by atoms with Crippen LogP contribution in [-0.4, -0.2) is 0 Å². The number of hydrogen-bond acceptors (Lipinski definition) is 0. The molecule has 0 bridgehead atoms. The lowest BCUT2D eigenvalue weighted by Gasteiger charge is -2.29. The van der Waals surface area contributed by atoms with Crippen molar-refractivity contribution >= 4 is 0 Å². The van der Waals surface area contributed by atoms with Crippen molar-refractivity contribution in [2.75, 3.05) is 0 Å². The molecule has 1 saturated carbocycles. The molecule has 94 valence electrons. The zero-order valence-corrected chi connectivity index (χ0v) is 11.4. The molecule has 1 aromatic rings. The van der Waals surface area contributed by atoms with Crippen LogP contribution in [-0.2, 0) is 0 Å². The van der Waals surface area contributed by atoms with Crippen molar-refractivity contribution < 1.29 is 0 Å². The summed E-state index contributed by atoms with van der Waals surface area (Å²) in [6.45, 7) is 4.83. The molecular weight excluding hydrogens is 204 g/mol. The van der Waals surface area contributed by atoms with Gasteiger partial charge in [-0.25, -0.2) is 0 Å². The van der Waals surface area contributed by atoms with Crippen LogP contribution in [0, 0.1) is 11.8 Å². The highest BCUT2D eigenvalue weighted by atomic mass is 14.3. The van der Waals surface area contributed by atoms with E-state index in [1.165, 1.54) is 44.1 Å². The Morgan fingerprint density at radius 2 is 1.82 bits per heavy atom. The maximum Gasteiger partial charge on any atom is -0.0190 e. The molecule has 0 spiro atoms. The quantitative estimate of drug-likeness (QED) is 0.650. The molecule has 1 aliphatic rings. The Kier molecular flexibility index (Phi) is 4.65. The Morgan fingerprint density at radius 3 is 2.53 bits per heavy atom. The standard InChI is InChI=1S/C17H26/c1-14-8-6-7-11-17(14)13-12-15(2)16-9-4-3-5-10-16/h3-5,9-10,14-15,17H,6-8,11-13H2,1-2H3/t14?,15?,17-/m1/s1. The van der Waals surface area contributed by atoms with Crippen LogP contribution < -0.4 is 0 Å². The van der Waals surface area contributed by atoms with E-state index in [2.05, 4.69) is 44.2 Å². The molecule has 2 unspecified atom stereocenters. The minimum atomic E-state index is 0.727. The van der Waals surface area contributed by atoms with Crippen LogP contribution in [0.1, 0.15) is 63.9 Å². The van der Waals surface area contributed by atoms with Crippen LogP contribution in [0.25, 0.3) is 0 Å². The molecule has 0 aliphatic heterocycles. The van der Waals surface area contributed by atoms with Crippen molar-refractivity contribution in [3.05, 3.63) is 35.9 Å². The largest absolute Gasteiger partial charge is 0.0622 e. The van der Waals surface area contributed by atoms with E-state index in [9.17, 15) is 0 Å². The van der Waals surface area contributed by atoms with E-state index in [1.54, 1.807) is 0 Å². The minimum Gasteiger partial charge on any atom is -0.0622 e. The molecule has 0 saturated heterocycles. The van der Waals surface area contributed by atoms with Gasteiger partial charge in [0.05, 0.1) is 0 Å². The molecule has 0 aromatic heterocycles. The van der Waals surface area contributed by atoms with Gasteiger partial charge in [-0.2, -0.15) is 0 Å². The Morgan fingerprint density at radius 1 is 1.12 bits per heavy atom. The SMILES string of the molecule is CC(CC[C@H]1CCCCC1C)c1ccccc1. The van der Waals surface area contributed by atoms with Gasteiger partial charge in [0.2, 0.25) is 0 Å². The fraction of sp³-hybridized carbons (Fsp3) is 0.647. The second-order valence-electron chi connectivity index (χ2n) is 5.91. The van der Waals surface area contributed by atoms with E-state index in [0.717, 1.165) is 17.8 Å². The Balaban J connectivity index is 1.81. The summed E-state index contributed by atoms with van der Waals surface area (Å²) in [6, 6.07) is 11.0. The Labute approximate surface area is 106 Å². The third kappa shape index (κ3) is 3.59. The van der Waals surface area contributed by atoms with Gasteiger partial charge in [-0.1, -0.05) is 69.9 Å². The second-order valence-corrected chi connectivity index (χ2v) is 5.91. The molecule has 0 heterocycles. The van der Waals surface area contributed by atoms with E-state index in [1.807, 2.05) is 0 Å². The van der Waals surface area contributed by atoms with Crippen molar-refractivity contribution in [2.24, 2.45) is 11.8 Å². The third-order valence-electron chi connectivity index (χ3n) is 4.63. The Hall–Kier alpha value is -0.780. The molecule has 0 radical (unpaired) electrons. The number of hydrogen-bond donors (Lipinski definition) is 0. The van der Waals surface area contributed by atoms with E-state index >= 15 is 0 Å². The normalized spacial score (nSPS) is 26.7. The third-order valence-corrected chi connectivity index (χ3v) is 4.63. The molecule has 3 atom stereocenters. The van der Waals surface area contributed by atoms with Gasteiger partial charge in [0.25, 0.3) is 0 Å². The van der Waals surface area contributed by atoms with Gasteiger partial charge in [-0.15, -0.1) is 0 Å².